The van der Waals surface area contributed by atoms with Gasteiger partial charge in [-0.3, -0.25) is 17.1 Å². The van der Waals surface area contributed by atoms with Crippen LogP contribution in [0.25, 0.3) is 0 Å². The van der Waals surface area contributed by atoms with Crippen LogP contribution in [0.5, 0.6) is 0 Å². The van der Waals surface area contributed by atoms with E-state index in [9.17, 15) is 0 Å². The Balaban J connectivity index is 0.000000308. The summed E-state index contributed by atoms with van der Waals surface area (Å²) >= 11 is 28.1. The van der Waals surface area contributed by atoms with Gasteiger partial charge in [-0.1, -0.05) is 85.7 Å². The molecule has 46 heavy (non-hydrogen) atoms. The number of nitrogens with two attached hydrogens (primary N) is 3. The standard InChI is InChI=1S/C10H14ClN3.C10H11ClN2.C5H3Cl2N.C5H6ClN3.H4N2/c1-7(2)8(3)13-14-10-5-4-9(11)6-12-10;1-6-10(2,3)8-4-7(11)5-12-9(8)13-6;6-4-1-2-5(7)8-3-4;6-4-1-2-5(9-7)8-3-4;1-2/h4-7H,1-3H3,(H,12,14);4-5H,1-3H3;1-3H;1-3H,7H2,(H,8,9);1-2H2/b13-8+;;;;. The van der Waals surface area contributed by atoms with Gasteiger partial charge in [0.1, 0.15) is 16.8 Å². The average molecular weight is 730 g/mol. The zero-order valence-corrected chi connectivity index (χ0v) is 30.0. The topological polar surface area (TPSA) is 178 Å². The molecule has 16 heteroatoms. The summed E-state index contributed by atoms with van der Waals surface area (Å²) in [5.41, 5.74) is 8.50. The molecule has 4 aromatic rings. The van der Waals surface area contributed by atoms with Gasteiger partial charge in [0.15, 0.2) is 5.82 Å². The highest BCUT2D eigenvalue weighted by atomic mass is 35.5. The molecule has 1 aliphatic heterocycles. The second-order valence-corrected chi connectivity index (χ2v) is 12.2. The minimum Gasteiger partial charge on any atom is -0.308 e. The van der Waals surface area contributed by atoms with Crippen LogP contribution in [0.4, 0.5) is 17.5 Å². The lowest BCUT2D eigenvalue weighted by molar-refractivity contribution is 0.731. The normalized spacial score (nSPS) is 12.3. The second-order valence-electron chi connectivity index (χ2n) is 10.0. The van der Waals surface area contributed by atoms with Gasteiger partial charge in [-0.15, -0.1) is 0 Å². The molecule has 0 aliphatic carbocycles. The molecule has 0 amide bonds. The molecule has 5 rings (SSSR count). The number of nitrogen functional groups attached to an aromatic ring is 1. The molecular formula is C30H38Cl5N11. The van der Waals surface area contributed by atoms with Crippen LogP contribution in [0.2, 0.25) is 25.2 Å². The maximum absolute atomic E-state index is 5.88. The van der Waals surface area contributed by atoms with Crippen molar-refractivity contribution in [3.05, 3.63) is 98.1 Å². The molecule has 0 aromatic carbocycles. The van der Waals surface area contributed by atoms with E-state index in [1.165, 1.54) is 12.4 Å². The summed E-state index contributed by atoms with van der Waals surface area (Å²) in [6.07, 6.45) is 6.25. The van der Waals surface area contributed by atoms with E-state index < -0.39 is 0 Å². The Bertz CT molecular complexity index is 1510. The fourth-order valence-electron chi connectivity index (χ4n) is 3.01. The van der Waals surface area contributed by atoms with E-state index in [4.69, 9.17) is 63.8 Å². The van der Waals surface area contributed by atoms with E-state index >= 15 is 0 Å². The number of nitrogens with one attached hydrogen (secondary N) is 2. The molecule has 11 nitrogen and oxygen atoms in total. The summed E-state index contributed by atoms with van der Waals surface area (Å²) in [6, 6.07) is 12.3. The number of fused-ring (bicyclic) bond motifs is 1. The first kappa shape index (κ1) is 40.9. The molecule has 5 heterocycles. The van der Waals surface area contributed by atoms with Crippen LogP contribution in [0.1, 0.15) is 47.1 Å². The molecule has 0 saturated heterocycles. The number of nitrogens with zero attached hydrogens (tertiary/aromatic N) is 6. The average Bonchev–Trinajstić information content (AvgIpc) is 3.27. The molecule has 248 valence electrons. The SMILES string of the molecule is C/C(=N\Nc1ccc(Cl)cn1)C(C)C.CC1=Nc2ncc(Cl)cc2C1(C)C.Clc1ccc(Cl)nc1.NN.NNc1ccc(Cl)cn1. The van der Waals surface area contributed by atoms with Gasteiger partial charge in [-0.05, 0) is 62.2 Å². The molecule has 4 aromatic heterocycles. The number of hydrazine groups is 2. The van der Waals surface area contributed by atoms with Crippen LogP contribution in [0.15, 0.2) is 77.3 Å². The smallest absolute Gasteiger partial charge is 0.155 e. The summed E-state index contributed by atoms with van der Waals surface area (Å²) in [7, 11) is 0. The van der Waals surface area contributed by atoms with Gasteiger partial charge in [0.2, 0.25) is 0 Å². The Hall–Kier alpha value is -3.13. The molecule has 0 saturated carbocycles. The van der Waals surface area contributed by atoms with E-state index in [0.29, 0.717) is 42.8 Å². The number of pyridine rings is 4. The van der Waals surface area contributed by atoms with Gasteiger partial charge in [-0.2, -0.15) is 5.10 Å². The maximum atomic E-state index is 5.88. The van der Waals surface area contributed by atoms with E-state index in [0.717, 1.165) is 22.8 Å². The number of rotatable bonds is 4. The second kappa shape index (κ2) is 20.9. The van der Waals surface area contributed by atoms with Gasteiger partial charge in [0.25, 0.3) is 0 Å². The van der Waals surface area contributed by atoms with Crippen molar-refractivity contribution in [3.63, 3.8) is 0 Å². The van der Waals surface area contributed by atoms with E-state index in [-0.39, 0.29) is 5.41 Å². The molecule has 0 unspecified atom stereocenters. The van der Waals surface area contributed by atoms with Crippen LogP contribution >= 0.6 is 58.0 Å². The first-order valence-corrected chi connectivity index (χ1v) is 15.4. The van der Waals surface area contributed by atoms with Gasteiger partial charge in [0.05, 0.1) is 20.1 Å². The minimum absolute atomic E-state index is 0.0206. The van der Waals surface area contributed by atoms with Gasteiger partial charge >= 0.3 is 0 Å². The van der Waals surface area contributed by atoms with Crippen molar-refractivity contribution in [2.45, 2.75) is 47.0 Å². The molecule has 0 radical (unpaired) electrons. The third-order valence-corrected chi connectivity index (χ3v) is 7.26. The van der Waals surface area contributed by atoms with Crippen LogP contribution in [-0.4, -0.2) is 31.4 Å². The Morgan fingerprint density at radius 2 is 1.26 bits per heavy atom. The predicted octanol–water partition coefficient (Wildman–Crippen LogP) is 8.53. The highest BCUT2D eigenvalue weighted by Gasteiger charge is 2.33. The fourth-order valence-corrected chi connectivity index (χ4v) is 3.62. The maximum Gasteiger partial charge on any atom is 0.155 e. The number of halogens is 5. The number of anilines is 2. The molecule has 0 atom stereocenters. The van der Waals surface area contributed by atoms with Crippen molar-refractivity contribution >= 4 is 86.9 Å². The van der Waals surface area contributed by atoms with Gasteiger partial charge < -0.3 is 5.43 Å². The molecular weight excluding hydrogens is 692 g/mol. The van der Waals surface area contributed by atoms with Crippen molar-refractivity contribution in [1.29, 1.82) is 0 Å². The molecule has 0 fully saturated rings. The van der Waals surface area contributed by atoms with E-state index in [1.807, 2.05) is 19.9 Å². The number of aliphatic imine (C=N–C) groups is 1. The van der Waals surface area contributed by atoms with Crippen molar-refractivity contribution in [3.8, 4) is 0 Å². The molecule has 8 N–H and O–H groups in total. The third kappa shape index (κ3) is 14.5. The van der Waals surface area contributed by atoms with Crippen molar-refractivity contribution in [2.75, 3.05) is 10.9 Å². The quantitative estimate of drug-likeness (QED) is 0.0596. The number of hydrogen-bond acceptors (Lipinski definition) is 11. The van der Waals surface area contributed by atoms with Crippen LogP contribution in [0.3, 0.4) is 0 Å². The summed E-state index contributed by atoms with van der Waals surface area (Å²) in [6.45, 7) is 12.5. The largest absolute Gasteiger partial charge is 0.308 e. The first-order valence-electron chi connectivity index (χ1n) is 13.5. The van der Waals surface area contributed by atoms with Crippen molar-refractivity contribution in [1.82, 2.24) is 19.9 Å². The number of aromatic nitrogens is 4. The Labute approximate surface area is 294 Å². The lowest BCUT2D eigenvalue weighted by Gasteiger charge is -2.19. The molecule has 0 spiro atoms. The van der Waals surface area contributed by atoms with Crippen LogP contribution < -0.4 is 28.4 Å². The van der Waals surface area contributed by atoms with Crippen LogP contribution in [0, 0.1) is 5.92 Å². The Morgan fingerprint density at radius 1 is 0.761 bits per heavy atom. The minimum atomic E-state index is -0.0206. The zero-order valence-electron chi connectivity index (χ0n) is 26.2. The monoisotopic (exact) mass is 727 g/mol. The molecule has 1 aliphatic rings. The highest BCUT2D eigenvalue weighted by Crippen LogP contribution is 2.39. The summed E-state index contributed by atoms with van der Waals surface area (Å²) in [5.74, 6) is 15.6. The summed E-state index contributed by atoms with van der Waals surface area (Å²) < 4.78 is 0. The summed E-state index contributed by atoms with van der Waals surface area (Å²) in [4.78, 5) is 20.2. The van der Waals surface area contributed by atoms with E-state index in [2.05, 4.69) is 80.3 Å². The summed E-state index contributed by atoms with van der Waals surface area (Å²) in [5, 5.41) is 7.17. The lowest BCUT2D eigenvalue weighted by Crippen LogP contribution is -2.22. The third-order valence-electron chi connectivity index (χ3n) is 6.16. The number of hydrogen-bond donors (Lipinski definition) is 5. The fraction of sp³-hybridized carbons (Fsp3) is 0.267. The molecule has 0 bridgehead atoms. The van der Waals surface area contributed by atoms with E-state index in [1.54, 1.807) is 48.8 Å². The van der Waals surface area contributed by atoms with Gasteiger partial charge in [0, 0.05) is 47.2 Å². The van der Waals surface area contributed by atoms with Gasteiger partial charge in [-0.25, -0.2) is 30.8 Å². The Kier molecular flexibility index (Phi) is 18.6. The zero-order chi connectivity index (χ0) is 34.9. The first-order chi connectivity index (χ1) is 21.7. The van der Waals surface area contributed by atoms with Crippen LogP contribution in [-0.2, 0) is 5.41 Å². The number of hydrazone groups is 1. The predicted molar refractivity (Wildman–Crippen MR) is 196 cm³/mol. The lowest BCUT2D eigenvalue weighted by atomic mass is 9.83. The van der Waals surface area contributed by atoms with Crippen molar-refractivity contribution in [2.24, 2.45) is 33.5 Å². The van der Waals surface area contributed by atoms with Crippen molar-refractivity contribution < 1.29 is 0 Å². The Morgan fingerprint density at radius 3 is 1.70 bits per heavy atom. The highest BCUT2D eigenvalue weighted by molar-refractivity contribution is 6.32.